The molecule has 1 fully saturated rings. The highest BCUT2D eigenvalue weighted by atomic mass is 15.2. The molecule has 0 aliphatic carbocycles. The molecule has 9 heavy (non-hydrogen) atoms. The smallest absolute Gasteiger partial charge is 0.00341 e. The first-order chi connectivity index (χ1) is 4.36. The van der Waals surface area contributed by atoms with E-state index in [1.54, 1.807) is 0 Å². The van der Waals surface area contributed by atoms with E-state index in [-0.39, 0.29) is 0 Å². The summed E-state index contributed by atoms with van der Waals surface area (Å²) in [5, 5.41) is 3.19. The van der Waals surface area contributed by atoms with E-state index in [0.29, 0.717) is 0 Å². The fraction of sp³-hybridized carbons (Fsp3) is 1.00. The van der Waals surface area contributed by atoms with Crippen LogP contribution in [0.15, 0.2) is 0 Å². The molecule has 2 heteroatoms. The Balaban J connectivity index is 1.98. The third-order valence-electron chi connectivity index (χ3n) is 1.97. The summed E-state index contributed by atoms with van der Waals surface area (Å²) in [5.74, 6) is 0.926. The molecule has 0 bridgehead atoms. The molecule has 0 aromatic carbocycles. The topological polar surface area (TPSA) is 15.3 Å². The Hall–Kier alpha value is -0.0800. The maximum atomic E-state index is 3.19. The summed E-state index contributed by atoms with van der Waals surface area (Å²) >= 11 is 0. The summed E-state index contributed by atoms with van der Waals surface area (Å²) in [6.07, 6.45) is 0. The summed E-state index contributed by atoms with van der Waals surface area (Å²) in [5.41, 5.74) is 0. The predicted octanol–water partition coefficient (Wildman–Crippen LogP) is 0.158. The standard InChI is InChI=1S/C7H16N2/c1-3-9-5-7(6-9)4-8-2/h7-8H,3-6H2,1-2H3. The molecular formula is C7H16N2. The Kier molecular flexibility index (Phi) is 2.49. The largest absolute Gasteiger partial charge is 0.319 e. The van der Waals surface area contributed by atoms with Crippen molar-refractivity contribution >= 4 is 0 Å². The third kappa shape index (κ3) is 1.66. The molecule has 0 unspecified atom stereocenters. The van der Waals surface area contributed by atoms with Gasteiger partial charge in [-0.25, -0.2) is 0 Å². The van der Waals surface area contributed by atoms with Crippen molar-refractivity contribution in [3.8, 4) is 0 Å². The van der Waals surface area contributed by atoms with Crippen molar-refractivity contribution in [2.75, 3.05) is 33.2 Å². The maximum Gasteiger partial charge on any atom is 0.00341 e. The second kappa shape index (κ2) is 3.18. The van der Waals surface area contributed by atoms with E-state index in [1.807, 2.05) is 7.05 Å². The minimum Gasteiger partial charge on any atom is -0.319 e. The molecule has 1 heterocycles. The van der Waals surface area contributed by atoms with Gasteiger partial charge in [0.15, 0.2) is 0 Å². The molecule has 1 aliphatic heterocycles. The molecule has 0 radical (unpaired) electrons. The maximum absolute atomic E-state index is 3.19. The van der Waals surface area contributed by atoms with E-state index in [9.17, 15) is 0 Å². The molecule has 54 valence electrons. The molecule has 0 atom stereocenters. The lowest BCUT2D eigenvalue weighted by molar-refractivity contribution is 0.108. The highest BCUT2D eigenvalue weighted by molar-refractivity contribution is 4.79. The predicted molar refractivity (Wildman–Crippen MR) is 39.5 cm³/mol. The van der Waals surface area contributed by atoms with Crippen molar-refractivity contribution in [2.45, 2.75) is 6.92 Å². The zero-order chi connectivity index (χ0) is 6.69. The Morgan fingerprint density at radius 1 is 1.56 bits per heavy atom. The van der Waals surface area contributed by atoms with Crippen LogP contribution in [0.3, 0.4) is 0 Å². The lowest BCUT2D eigenvalue weighted by atomic mass is 10.0. The van der Waals surface area contributed by atoms with Gasteiger partial charge in [-0.3, -0.25) is 0 Å². The van der Waals surface area contributed by atoms with Crippen molar-refractivity contribution in [1.29, 1.82) is 0 Å². The highest BCUT2D eigenvalue weighted by Crippen LogP contribution is 2.12. The molecule has 0 aromatic heterocycles. The molecule has 2 nitrogen and oxygen atoms in total. The van der Waals surface area contributed by atoms with E-state index < -0.39 is 0 Å². The van der Waals surface area contributed by atoms with Crippen LogP contribution in [0.5, 0.6) is 0 Å². The Bertz CT molecular complexity index is 77.0. The average Bonchev–Trinajstić information content (AvgIpc) is 1.77. The monoisotopic (exact) mass is 128 g/mol. The lowest BCUT2D eigenvalue weighted by Gasteiger charge is -2.38. The van der Waals surface area contributed by atoms with E-state index in [2.05, 4.69) is 17.1 Å². The lowest BCUT2D eigenvalue weighted by Crippen LogP contribution is -2.49. The van der Waals surface area contributed by atoms with Crippen molar-refractivity contribution in [3.63, 3.8) is 0 Å². The summed E-state index contributed by atoms with van der Waals surface area (Å²) in [4.78, 5) is 2.46. The minimum atomic E-state index is 0.926. The molecule has 0 aromatic rings. The molecule has 1 rings (SSSR count). The normalized spacial score (nSPS) is 22.0. The van der Waals surface area contributed by atoms with Gasteiger partial charge in [-0.15, -0.1) is 0 Å². The van der Waals surface area contributed by atoms with Gasteiger partial charge in [0.2, 0.25) is 0 Å². The van der Waals surface area contributed by atoms with Crippen LogP contribution in [0.2, 0.25) is 0 Å². The zero-order valence-corrected chi connectivity index (χ0v) is 6.35. The fourth-order valence-electron chi connectivity index (χ4n) is 1.35. The van der Waals surface area contributed by atoms with Crippen molar-refractivity contribution in [3.05, 3.63) is 0 Å². The van der Waals surface area contributed by atoms with Gasteiger partial charge < -0.3 is 10.2 Å². The summed E-state index contributed by atoms with van der Waals surface area (Å²) in [7, 11) is 2.02. The summed E-state index contributed by atoms with van der Waals surface area (Å²) < 4.78 is 0. The van der Waals surface area contributed by atoms with Gasteiger partial charge in [-0.2, -0.15) is 0 Å². The van der Waals surface area contributed by atoms with Gasteiger partial charge in [-0.05, 0) is 19.5 Å². The van der Waals surface area contributed by atoms with Crippen molar-refractivity contribution in [1.82, 2.24) is 10.2 Å². The van der Waals surface area contributed by atoms with E-state index in [0.717, 1.165) is 5.92 Å². The van der Waals surface area contributed by atoms with Gasteiger partial charge in [0.25, 0.3) is 0 Å². The number of rotatable bonds is 3. The molecule has 1 aliphatic rings. The van der Waals surface area contributed by atoms with Gasteiger partial charge in [-0.1, -0.05) is 6.92 Å². The molecule has 0 saturated carbocycles. The third-order valence-corrected chi connectivity index (χ3v) is 1.97. The molecular weight excluding hydrogens is 112 g/mol. The van der Waals surface area contributed by atoms with E-state index >= 15 is 0 Å². The molecule has 1 N–H and O–H groups in total. The summed E-state index contributed by atoms with van der Waals surface area (Å²) in [6.45, 7) is 7.24. The Morgan fingerprint density at radius 2 is 2.22 bits per heavy atom. The van der Waals surface area contributed by atoms with Gasteiger partial charge in [0, 0.05) is 19.6 Å². The van der Waals surface area contributed by atoms with Crippen LogP contribution < -0.4 is 5.32 Å². The van der Waals surface area contributed by atoms with Crippen LogP contribution in [0, 0.1) is 5.92 Å². The second-order valence-electron chi connectivity index (χ2n) is 2.78. The van der Waals surface area contributed by atoms with Crippen LogP contribution in [0.4, 0.5) is 0 Å². The van der Waals surface area contributed by atoms with E-state index in [4.69, 9.17) is 0 Å². The average molecular weight is 128 g/mol. The number of hydrogen-bond acceptors (Lipinski definition) is 2. The van der Waals surface area contributed by atoms with Crippen molar-refractivity contribution in [2.24, 2.45) is 5.92 Å². The number of hydrogen-bond donors (Lipinski definition) is 1. The number of likely N-dealkylation sites (tertiary alicyclic amines) is 1. The first-order valence-electron chi connectivity index (χ1n) is 3.73. The fourth-order valence-corrected chi connectivity index (χ4v) is 1.35. The first-order valence-corrected chi connectivity index (χ1v) is 3.73. The van der Waals surface area contributed by atoms with Crippen LogP contribution in [0.25, 0.3) is 0 Å². The van der Waals surface area contributed by atoms with E-state index in [1.165, 1.54) is 26.2 Å². The minimum absolute atomic E-state index is 0.926. The first kappa shape index (κ1) is 7.03. The van der Waals surface area contributed by atoms with Gasteiger partial charge in [0.1, 0.15) is 0 Å². The summed E-state index contributed by atoms with van der Waals surface area (Å²) in [6, 6.07) is 0. The van der Waals surface area contributed by atoms with Gasteiger partial charge in [0.05, 0.1) is 0 Å². The molecule has 1 saturated heterocycles. The van der Waals surface area contributed by atoms with Crippen molar-refractivity contribution < 1.29 is 0 Å². The quantitative estimate of drug-likeness (QED) is 0.582. The molecule has 0 spiro atoms. The van der Waals surface area contributed by atoms with Crippen LogP contribution >= 0.6 is 0 Å². The molecule has 0 amide bonds. The van der Waals surface area contributed by atoms with Crippen LogP contribution in [-0.4, -0.2) is 38.1 Å². The Morgan fingerprint density at radius 3 is 2.67 bits per heavy atom. The Labute approximate surface area is 57.2 Å². The SMILES string of the molecule is CCN1CC(CNC)C1. The highest BCUT2D eigenvalue weighted by Gasteiger charge is 2.23. The second-order valence-corrected chi connectivity index (χ2v) is 2.78. The van der Waals surface area contributed by atoms with Crippen LogP contribution in [0.1, 0.15) is 6.92 Å². The number of nitrogens with zero attached hydrogens (tertiary/aromatic N) is 1. The zero-order valence-electron chi connectivity index (χ0n) is 6.35. The van der Waals surface area contributed by atoms with Crippen LogP contribution in [-0.2, 0) is 0 Å². The number of nitrogens with one attached hydrogen (secondary N) is 1. The van der Waals surface area contributed by atoms with Gasteiger partial charge >= 0.3 is 0 Å².